The lowest BCUT2D eigenvalue weighted by Crippen LogP contribution is -2.04. The van der Waals surface area contributed by atoms with Crippen LogP contribution in [0.4, 0.5) is 4.39 Å². The van der Waals surface area contributed by atoms with Crippen molar-refractivity contribution in [1.82, 2.24) is 9.78 Å². The maximum absolute atomic E-state index is 13.4. The first kappa shape index (κ1) is 11.3. The molecule has 1 heterocycles. The number of nitrogens with zero attached hydrogens (tertiary/aromatic N) is 3. The van der Waals surface area contributed by atoms with Crippen LogP contribution in [0.3, 0.4) is 0 Å². The molecule has 0 atom stereocenters. The molecule has 0 saturated carbocycles. The van der Waals surface area contributed by atoms with Gasteiger partial charge in [-0.3, -0.25) is 4.68 Å². The van der Waals surface area contributed by atoms with Gasteiger partial charge in [0.25, 0.3) is 0 Å². The summed E-state index contributed by atoms with van der Waals surface area (Å²) in [6.45, 7) is 4.00. The average Bonchev–Trinajstić information content (AvgIpc) is 2.77. The molecule has 1 aromatic carbocycles. The van der Waals surface area contributed by atoms with Crippen molar-refractivity contribution in [3.05, 3.63) is 41.8 Å². The van der Waals surface area contributed by atoms with Gasteiger partial charge in [0.1, 0.15) is 5.82 Å². The van der Waals surface area contributed by atoms with Crippen LogP contribution >= 0.6 is 0 Å². The Labute approximate surface area is 99.1 Å². The van der Waals surface area contributed by atoms with Gasteiger partial charge in [-0.05, 0) is 38.1 Å². The maximum Gasteiger partial charge on any atom is 0.125 e. The molecule has 4 heteroatoms. The second kappa shape index (κ2) is 4.38. The lowest BCUT2D eigenvalue weighted by atomic mass is 10.1. The summed E-state index contributed by atoms with van der Waals surface area (Å²) >= 11 is 0. The summed E-state index contributed by atoms with van der Waals surface area (Å²) in [6.07, 6.45) is 1.67. The van der Waals surface area contributed by atoms with Crippen molar-refractivity contribution in [3.63, 3.8) is 0 Å². The van der Waals surface area contributed by atoms with Crippen LogP contribution in [0.1, 0.15) is 25.5 Å². The Hall–Kier alpha value is -2.15. The van der Waals surface area contributed by atoms with E-state index in [9.17, 15) is 4.39 Å². The van der Waals surface area contributed by atoms with Crippen molar-refractivity contribution in [2.45, 2.75) is 19.9 Å². The van der Waals surface area contributed by atoms with Gasteiger partial charge in [-0.15, -0.1) is 0 Å². The topological polar surface area (TPSA) is 41.6 Å². The first-order chi connectivity index (χ1) is 8.11. The van der Waals surface area contributed by atoms with E-state index < -0.39 is 5.82 Å². The Balaban J connectivity index is 2.57. The van der Waals surface area contributed by atoms with Gasteiger partial charge in [0.15, 0.2) is 0 Å². The van der Waals surface area contributed by atoms with Crippen molar-refractivity contribution in [1.29, 1.82) is 5.26 Å². The molecule has 0 unspecified atom stereocenters. The smallest absolute Gasteiger partial charge is 0.125 e. The van der Waals surface area contributed by atoms with E-state index in [0.717, 1.165) is 5.69 Å². The average molecular weight is 229 g/mol. The molecular weight excluding hydrogens is 217 g/mol. The standard InChI is InChI=1S/C13H12FN3/c1-9(2)17-13(3-4-16-17)11-5-10(8-15)6-12(14)7-11/h3-7,9H,1-2H3. The highest BCUT2D eigenvalue weighted by molar-refractivity contribution is 5.61. The zero-order chi connectivity index (χ0) is 12.4. The zero-order valence-electron chi connectivity index (χ0n) is 9.68. The molecule has 2 aromatic rings. The minimum atomic E-state index is -0.407. The Morgan fingerprint density at radius 3 is 2.76 bits per heavy atom. The molecule has 0 saturated heterocycles. The number of hydrogen-bond donors (Lipinski definition) is 0. The van der Waals surface area contributed by atoms with Crippen molar-refractivity contribution < 1.29 is 4.39 Å². The Morgan fingerprint density at radius 2 is 2.12 bits per heavy atom. The lowest BCUT2D eigenvalue weighted by Gasteiger charge is -2.11. The van der Waals surface area contributed by atoms with Crippen LogP contribution in [0, 0.1) is 17.1 Å². The summed E-state index contributed by atoms with van der Waals surface area (Å²) in [5.41, 5.74) is 1.81. The predicted molar refractivity (Wildman–Crippen MR) is 62.7 cm³/mol. The van der Waals surface area contributed by atoms with Gasteiger partial charge in [-0.25, -0.2) is 4.39 Å². The number of hydrogen-bond acceptors (Lipinski definition) is 2. The van der Waals surface area contributed by atoms with Crippen LogP contribution in [0.15, 0.2) is 30.5 Å². The molecule has 0 aliphatic heterocycles. The summed E-state index contributed by atoms with van der Waals surface area (Å²) in [5, 5.41) is 13.0. The molecule has 0 radical (unpaired) electrons. The van der Waals surface area contributed by atoms with Gasteiger partial charge in [-0.2, -0.15) is 10.4 Å². The normalized spacial score (nSPS) is 10.5. The highest BCUT2D eigenvalue weighted by Gasteiger charge is 2.10. The quantitative estimate of drug-likeness (QED) is 0.793. The molecule has 0 amide bonds. The minimum Gasteiger partial charge on any atom is -0.262 e. The van der Waals surface area contributed by atoms with E-state index in [4.69, 9.17) is 5.26 Å². The predicted octanol–water partition coefficient (Wildman–Crippen LogP) is 3.14. The molecular formula is C13H12FN3. The lowest BCUT2D eigenvalue weighted by molar-refractivity contribution is 0.538. The maximum atomic E-state index is 13.4. The molecule has 0 aliphatic carbocycles. The third-order valence-electron chi connectivity index (χ3n) is 2.48. The summed E-state index contributed by atoms with van der Waals surface area (Å²) in [7, 11) is 0. The van der Waals surface area contributed by atoms with Crippen LogP contribution in [-0.2, 0) is 0 Å². The Morgan fingerprint density at radius 1 is 1.35 bits per heavy atom. The third-order valence-corrected chi connectivity index (χ3v) is 2.48. The van der Waals surface area contributed by atoms with E-state index >= 15 is 0 Å². The fourth-order valence-corrected chi connectivity index (χ4v) is 1.76. The monoisotopic (exact) mass is 229 g/mol. The summed E-state index contributed by atoms with van der Waals surface area (Å²) < 4.78 is 15.2. The highest BCUT2D eigenvalue weighted by Crippen LogP contribution is 2.23. The number of halogens is 1. The van der Waals surface area contributed by atoms with E-state index in [1.54, 1.807) is 16.9 Å². The molecule has 1 aromatic heterocycles. The number of benzene rings is 1. The first-order valence-electron chi connectivity index (χ1n) is 5.36. The summed E-state index contributed by atoms with van der Waals surface area (Å²) in [4.78, 5) is 0. The van der Waals surface area contributed by atoms with E-state index in [1.165, 1.54) is 12.1 Å². The fourth-order valence-electron chi connectivity index (χ4n) is 1.76. The third kappa shape index (κ3) is 2.18. The highest BCUT2D eigenvalue weighted by atomic mass is 19.1. The SMILES string of the molecule is CC(C)n1nccc1-c1cc(F)cc(C#N)c1. The van der Waals surface area contributed by atoms with Crippen LogP contribution in [0.2, 0.25) is 0 Å². The van der Waals surface area contributed by atoms with Crippen molar-refractivity contribution >= 4 is 0 Å². The molecule has 0 spiro atoms. The van der Waals surface area contributed by atoms with Crippen LogP contribution < -0.4 is 0 Å². The number of rotatable bonds is 2. The second-order valence-corrected chi connectivity index (χ2v) is 4.10. The van der Waals surface area contributed by atoms with Gasteiger partial charge in [0, 0.05) is 17.8 Å². The Bertz CT molecular complexity index is 579. The van der Waals surface area contributed by atoms with Gasteiger partial charge in [0.05, 0.1) is 17.3 Å². The van der Waals surface area contributed by atoms with E-state index in [-0.39, 0.29) is 6.04 Å². The number of aromatic nitrogens is 2. The largest absolute Gasteiger partial charge is 0.262 e. The summed E-state index contributed by atoms with van der Waals surface area (Å²) in [5.74, 6) is -0.407. The van der Waals surface area contributed by atoms with E-state index in [2.05, 4.69) is 5.10 Å². The molecule has 0 bridgehead atoms. The molecule has 17 heavy (non-hydrogen) atoms. The second-order valence-electron chi connectivity index (χ2n) is 4.10. The van der Waals surface area contributed by atoms with Gasteiger partial charge < -0.3 is 0 Å². The van der Waals surface area contributed by atoms with Crippen LogP contribution in [-0.4, -0.2) is 9.78 Å². The van der Waals surface area contributed by atoms with Crippen molar-refractivity contribution in [2.24, 2.45) is 0 Å². The van der Waals surface area contributed by atoms with Gasteiger partial charge in [0.2, 0.25) is 0 Å². The molecule has 3 nitrogen and oxygen atoms in total. The molecule has 0 N–H and O–H groups in total. The van der Waals surface area contributed by atoms with Gasteiger partial charge >= 0.3 is 0 Å². The van der Waals surface area contributed by atoms with Crippen LogP contribution in [0.5, 0.6) is 0 Å². The molecule has 0 fully saturated rings. The molecule has 2 rings (SSSR count). The molecule has 86 valence electrons. The molecule has 0 aliphatic rings. The zero-order valence-corrected chi connectivity index (χ0v) is 9.68. The van der Waals surface area contributed by atoms with Crippen LogP contribution in [0.25, 0.3) is 11.3 Å². The van der Waals surface area contributed by atoms with Gasteiger partial charge in [-0.1, -0.05) is 0 Å². The fraction of sp³-hybridized carbons (Fsp3) is 0.231. The van der Waals surface area contributed by atoms with E-state index in [1.807, 2.05) is 26.0 Å². The summed E-state index contributed by atoms with van der Waals surface area (Å²) in [6, 6.07) is 8.25. The number of nitriles is 1. The minimum absolute atomic E-state index is 0.189. The Kier molecular flexibility index (Phi) is 2.92. The van der Waals surface area contributed by atoms with Crippen molar-refractivity contribution in [2.75, 3.05) is 0 Å². The van der Waals surface area contributed by atoms with E-state index in [0.29, 0.717) is 11.1 Å². The first-order valence-corrected chi connectivity index (χ1v) is 5.36. The van der Waals surface area contributed by atoms with Crippen molar-refractivity contribution in [3.8, 4) is 17.3 Å².